The molecule has 3 N–H and O–H groups in total. The predicted molar refractivity (Wildman–Crippen MR) is 103 cm³/mol. The molecule has 0 aliphatic carbocycles. The summed E-state index contributed by atoms with van der Waals surface area (Å²) >= 11 is 12.0. The van der Waals surface area contributed by atoms with Crippen molar-refractivity contribution in [2.75, 3.05) is 12.4 Å². The Bertz CT molecular complexity index is 1040. The summed E-state index contributed by atoms with van der Waals surface area (Å²) in [5, 5.41) is 10.9. The molecule has 3 aromatic rings. The maximum Gasteiger partial charge on any atom is 0.340 e. The molecule has 11 heteroatoms. The van der Waals surface area contributed by atoms with Gasteiger partial charge in [0.25, 0.3) is 5.91 Å². The first-order valence-corrected chi connectivity index (χ1v) is 8.64. The zero-order chi connectivity index (χ0) is 20.3. The van der Waals surface area contributed by atoms with Crippen molar-refractivity contribution in [3.8, 4) is 5.82 Å². The molecule has 0 aliphatic rings. The number of carbonyl (C=O) groups is 2. The zero-order valence-corrected chi connectivity index (χ0v) is 16.0. The van der Waals surface area contributed by atoms with Crippen LogP contribution in [0.2, 0.25) is 10.0 Å². The molecular weight excluding hydrogens is 407 g/mol. The molecular formula is C17H14Cl2N6O3. The number of aromatic nitrogens is 4. The van der Waals surface area contributed by atoms with Crippen LogP contribution in [0.5, 0.6) is 0 Å². The standard InChI is InChI=1S/C17H14Cl2N6O3/c1-28-17(27)10-5-11(18)12(19)6-13(10)22-16(26)14-4-9(7-20)15(24-23-14)25-3-2-21-8-25/h2-6,8H,7,20H2,1H3,(H,22,26). The molecule has 0 saturated carbocycles. The molecule has 0 saturated heterocycles. The number of benzene rings is 1. The van der Waals surface area contributed by atoms with Crippen molar-refractivity contribution in [1.82, 2.24) is 19.7 Å². The zero-order valence-electron chi connectivity index (χ0n) is 14.5. The molecule has 2 heterocycles. The van der Waals surface area contributed by atoms with Gasteiger partial charge in [-0.05, 0) is 18.2 Å². The minimum absolute atomic E-state index is 0.00574. The van der Waals surface area contributed by atoms with Gasteiger partial charge in [0, 0.05) is 24.5 Å². The van der Waals surface area contributed by atoms with E-state index in [1.165, 1.54) is 25.3 Å². The highest BCUT2D eigenvalue weighted by atomic mass is 35.5. The van der Waals surface area contributed by atoms with Crippen molar-refractivity contribution >= 4 is 40.8 Å². The molecule has 0 atom stereocenters. The number of nitrogens with one attached hydrogen (secondary N) is 1. The second kappa shape index (κ2) is 8.34. The third-order valence-electron chi connectivity index (χ3n) is 3.77. The fraction of sp³-hybridized carbons (Fsp3) is 0.118. The minimum Gasteiger partial charge on any atom is -0.465 e. The summed E-state index contributed by atoms with van der Waals surface area (Å²) in [6, 6.07) is 4.17. The number of carbonyl (C=O) groups excluding carboxylic acids is 2. The molecule has 0 bridgehead atoms. The van der Waals surface area contributed by atoms with Gasteiger partial charge in [-0.1, -0.05) is 23.2 Å². The Hall–Kier alpha value is -3.01. The van der Waals surface area contributed by atoms with Crippen LogP contribution in [0.25, 0.3) is 5.82 Å². The molecule has 0 fully saturated rings. The maximum atomic E-state index is 12.6. The number of hydrogen-bond donors (Lipinski definition) is 2. The van der Waals surface area contributed by atoms with Crippen LogP contribution in [-0.2, 0) is 11.3 Å². The number of nitrogens with two attached hydrogens (primary N) is 1. The number of anilines is 1. The van der Waals surface area contributed by atoms with E-state index in [4.69, 9.17) is 33.7 Å². The lowest BCUT2D eigenvalue weighted by Gasteiger charge is -2.12. The Morgan fingerprint density at radius 3 is 2.61 bits per heavy atom. The summed E-state index contributed by atoms with van der Waals surface area (Å²) in [5.41, 5.74) is 6.53. The van der Waals surface area contributed by atoms with Gasteiger partial charge in [0.1, 0.15) is 6.33 Å². The first-order valence-electron chi connectivity index (χ1n) is 7.88. The molecule has 0 unspecified atom stereocenters. The molecule has 1 amide bonds. The summed E-state index contributed by atoms with van der Waals surface area (Å²) < 4.78 is 6.34. The molecule has 0 spiro atoms. The summed E-state index contributed by atoms with van der Waals surface area (Å²) in [4.78, 5) is 28.5. The number of imidazole rings is 1. The lowest BCUT2D eigenvalue weighted by molar-refractivity contribution is 0.0602. The van der Waals surface area contributed by atoms with Crippen molar-refractivity contribution in [3.63, 3.8) is 0 Å². The van der Waals surface area contributed by atoms with Crippen molar-refractivity contribution in [3.05, 3.63) is 63.8 Å². The van der Waals surface area contributed by atoms with Gasteiger partial charge in [0.15, 0.2) is 11.5 Å². The van der Waals surface area contributed by atoms with Crippen LogP contribution in [0.15, 0.2) is 36.9 Å². The number of amides is 1. The molecule has 0 radical (unpaired) electrons. The third kappa shape index (κ3) is 3.96. The SMILES string of the molecule is COC(=O)c1cc(Cl)c(Cl)cc1NC(=O)c1cc(CN)c(-n2ccnc2)nn1. The highest BCUT2D eigenvalue weighted by Crippen LogP contribution is 2.30. The predicted octanol–water partition coefficient (Wildman–Crippen LogP) is 2.47. The van der Waals surface area contributed by atoms with Gasteiger partial charge < -0.3 is 15.8 Å². The van der Waals surface area contributed by atoms with Crippen LogP contribution < -0.4 is 11.1 Å². The Kier molecular flexibility index (Phi) is 5.88. The van der Waals surface area contributed by atoms with Crippen LogP contribution in [0.1, 0.15) is 26.4 Å². The van der Waals surface area contributed by atoms with Crippen LogP contribution in [0, 0.1) is 0 Å². The Labute approximate surface area is 169 Å². The van der Waals surface area contributed by atoms with Gasteiger partial charge in [-0.25, -0.2) is 9.78 Å². The maximum absolute atomic E-state index is 12.6. The van der Waals surface area contributed by atoms with E-state index < -0.39 is 11.9 Å². The first-order chi connectivity index (χ1) is 13.4. The molecule has 3 rings (SSSR count). The number of esters is 1. The normalized spacial score (nSPS) is 10.6. The van der Waals surface area contributed by atoms with Crippen LogP contribution in [0.4, 0.5) is 5.69 Å². The van der Waals surface area contributed by atoms with Crippen molar-refractivity contribution in [2.24, 2.45) is 5.73 Å². The molecule has 9 nitrogen and oxygen atoms in total. The van der Waals surface area contributed by atoms with E-state index >= 15 is 0 Å². The number of ether oxygens (including phenoxy) is 1. The lowest BCUT2D eigenvalue weighted by Crippen LogP contribution is -2.19. The topological polar surface area (TPSA) is 125 Å². The highest BCUT2D eigenvalue weighted by Gasteiger charge is 2.19. The van der Waals surface area contributed by atoms with Crippen LogP contribution in [0.3, 0.4) is 0 Å². The fourth-order valence-corrected chi connectivity index (χ4v) is 2.73. The number of rotatable bonds is 5. The highest BCUT2D eigenvalue weighted by molar-refractivity contribution is 6.42. The van der Waals surface area contributed by atoms with Crippen molar-refractivity contribution in [2.45, 2.75) is 6.54 Å². The number of hydrogen-bond acceptors (Lipinski definition) is 7. The van der Waals surface area contributed by atoms with Crippen LogP contribution in [-0.4, -0.2) is 38.7 Å². The number of methoxy groups -OCH3 is 1. The van der Waals surface area contributed by atoms with Gasteiger partial charge in [0.2, 0.25) is 0 Å². The largest absolute Gasteiger partial charge is 0.465 e. The molecule has 144 valence electrons. The second-order valence-electron chi connectivity index (χ2n) is 5.51. The van der Waals surface area contributed by atoms with Gasteiger partial charge in [0.05, 0.1) is 28.4 Å². The second-order valence-corrected chi connectivity index (χ2v) is 6.32. The van der Waals surface area contributed by atoms with Crippen LogP contribution >= 0.6 is 23.2 Å². The minimum atomic E-state index is -0.682. The van der Waals surface area contributed by atoms with Gasteiger partial charge >= 0.3 is 5.97 Å². The summed E-state index contributed by atoms with van der Waals surface area (Å²) in [7, 11) is 1.21. The Balaban J connectivity index is 1.94. The average molecular weight is 421 g/mol. The van der Waals surface area contributed by atoms with E-state index in [0.29, 0.717) is 11.4 Å². The van der Waals surface area contributed by atoms with Gasteiger partial charge in [-0.15, -0.1) is 10.2 Å². The van der Waals surface area contributed by atoms with E-state index in [2.05, 4.69) is 20.5 Å². The lowest BCUT2D eigenvalue weighted by atomic mass is 10.1. The molecule has 2 aromatic heterocycles. The molecule has 1 aromatic carbocycles. The number of halogens is 2. The molecule has 0 aliphatic heterocycles. The van der Waals surface area contributed by atoms with Gasteiger partial charge in [-0.3, -0.25) is 9.36 Å². The van der Waals surface area contributed by atoms with E-state index in [1.807, 2.05) is 0 Å². The first kappa shape index (κ1) is 19.7. The van der Waals surface area contributed by atoms with E-state index in [9.17, 15) is 9.59 Å². The van der Waals surface area contributed by atoms with E-state index in [1.54, 1.807) is 23.3 Å². The summed E-state index contributed by atoms with van der Waals surface area (Å²) in [6.45, 7) is 0.128. The Morgan fingerprint density at radius 1 is 1.21 bits per heavy atom. The Morgan fingerprint density at radius 2 is 1.96 bits per heavy atom. The van der Waals surface area contributed by atoms with Crippen molar-refractivity contribution in [1.29, 1.82) is 0 Å². The van der Waals surface area contributed by atoms with E-state index in [-0.39, 0.29) is 33.5 Å². The quantitative estimate of drug-likeness (QED) is 0.607. The van der Waals surface area contributed by atoms with Crippen molar-refractivity contribution < 1.29 is 14.3 Å². The monoisotopic (exact) mass is 420 g/mol. The molecule has 28 heavy (non-hydrogen) atoms. The van der Waals surface area contributed by atoms with Gasteiger partial charge in [-0.2, -0.15) is 0 Å². The average Bonchev–Trinajstić information content (AvgIpc) is 3.24. The third-order valence-corrected chi connectivity index (χ3v) is 4.49. The smallest absolute Gasteiger partial charge is 0.340 e. The fourth-order valence-electron chi connectivity index (χ4n) is 2.40. The summed E-state index contributed by atoms with van der Waals surface area (Å²) in [6.07, 6.45) is 4.81. The van der Waals surface area contributed by atoms with E-state index in [0.717, 1.165) is 0 Å². The summed E-state index contributed by atoms with van der Waals surface area (Å²) in [5.74, 6) is -0.831. The number of nitrogens with zero attached hydrogens (tertiary/aromatic N) is 4.